The maximum atomic E-state index is 12.1. The summed E-state index contributed by atoms with van der Waals surface area (Å²) < 4.78 is 0. The van der Waals surface area contributed by atoms with Crippen molar-refractivity contribution in [1.29, 1.82) is 0 Å². The third-order valence-corrected chi connectivity index (χ3v) is 3.12. The average Bonchev–Trinajstić information content (AvgIpc) is 2.40. The minimum atomic E-state index is 0.0298. The summed E-state index contributed by atoms with van der Waals surface area (Å²) in [7, 11) is 1.91. The number of ketones is 1. The molecule has 1 aromatic carbocycles. The Kier molecular flexibility index (Phi) is 4.66. The van der Waals surface area contributed by atoms with Crippen LogP contribution in [0.3, 0.4) is 0 Å². The van der Waals surface area contributed by atoms with Crippen LogP contribution in [0, 0.1) is 0 Å². The zero-order chi connectivity index (χ0) is 13.7. The molecule has 0 aliphatic rings. The summed E-state index contributed by atoms with van der Waals surface area (Å²) in [5.74, 6) is 0.0298. The van der Waals surface area contributed by atoms with Gasteiger partial charge < -0.3 is 0 Å². The van der Waals surface area contributed by atoms with Crippen molar-refractivity contribution in [1.82, 2.24) is 9.88 Å². The van der Waals surface area contributed by atoms with E-state index in [0.717, 1.165) is 5.56 Å². The SMILES string of the molecule is CN(CC(=O)c1ccccc1Cl)Cc1ccncc1. The Morgan fingerprint density at radius 2 is 1.89 bits per heavy atom. The predicted octanol–water partition coefficient (Wildman–Crippen LogP) is 3.05. The highest BCUT2D eigenvalue weighted by Gasteiger charge is 2.12. The van der Waals surface area contributed by atoms with Crippen LogP contribution in [0.2, 0.25) is 5.02 Å². The fraction of sp³-hybridized carbons (Fsp3) is 0.200. The van der Waals surface area contributed by atoms with Crippen molar-refractivity contribution in [2.45, 2.75) is 6.54 Å². The molecule has 2 rings (SSSR count). The van der Waals surface area contributed by atoms with Crippen molar-refractivity contribution in [2.24, 2.45) is 0 Å². The molecule has 0 aliphatic carbocycles. The molecule has 19 heavy (non-hydrogen) atoms. The van der Waals surface area contributed by atoms with E-state index in [4.69, 9.17) is 11.6 Å². The molecule has 0 unspecified atom stereocenters. The standard InChI is InChI=1S/C15H15ClN2O/c1-18(10-12-6-8-17-9-7-12)11-15(19)13-4-2-3-5-14(13)16/h2-9H,10-11H2,1H3. The first-order valence-electron chi connectivity index (χ1n) is 6.02. The second kappa shape index (κ2) is 6.45. The summed E-state index contributed by atoms with van der Waals surface area (Å²) in [5.41, 5.74) is 1.70. The van der Waals surface area contributed by atoms with Crippen molar-refractivity contribution >= 4 is 17.4 Å². The number of Topliss-reactive ketones (excluding diaryl/α,β-unsaturated/α-hetero) is 1. The molecule has 0 atom stereocenters. The Morgan fingerprint density at radius 3 is 2.58 bits per heavy atom. The van der Waals surface area contributed by atoms with E-state index in [1.165, 1.54) is 0 Å². The molecule has 2 aromatic rings. The van der Waals surface area contributed by atoms with Crippen LogP contribution in [0.15, 0.2) is 48.8 Å². The van der Waals surface area contributed by atoms with Gasteiger partial charge in [-0.15, -0.1) is 0 Å². The van der Waals surface area contributed by atoms with Gasteiger partial charge in [0.25, 0.3) is 0 Å². The van der Waals surface area contributed by atoms with E-state index < -0.39 is 0 Å². The molecule has 3 nitrogen and oxygen atoms in total. The third-order valence-electron chi connectivity index (χ3n) is 2.79. The zero-order valence-corrected chi connectivity index (χ0v) is 11.5. The molecular weight excluding hydrogens is 260 g/mol. The highest BCUT2D eigenvalue weighted by Crippen LogP contribution is 2.16. The largest absolute Gasteiger partial charge is 0.295 e. The molecule has 0 fully saturated rings. The minimum Gasteiger partial charge on any atom is -0.295 e. The highest BCUT2D eigenvalue weighted by atomic mass is 35.5. The van der Waals surface area contributed by atoms with Crippen LogP contribution in [-0.2, 0) is 6.54 Å². The Labute approximate surface area is 117 Å². The quantitative estimate of drug-likeness (QED) is 0.786. The number of rotatable bonds is 5. The number of hydrogen-bond acceptors (Lipinski definition) is 3. The van der Waals surface area contributed by atoms with Crippen molar-refractivity contribution in [3.05, 3.63) is 64.9 Å². The van der Waals surface area contributed by atoms with Gasteiger partial charge in [-0.25, -0.2) is 0 Å². The summed E-state index contributed by atoms with van der Waals surface area (Å²) in [6.45, 7) is 1.05. The van der Waals surface area contributed by atoms with E-state index in [1.807, 2.05) is 36.2 Å². The van der Waals surface area contributed by atoms with Crippen LogP contribution >= 0.6 is 11.6 Å². The number of pyridine rings is 1. The number of aromatic nitrogens is 1. The maximum Gasteiger partial charge on any atom is 0.178 e. The first kappa shape index (κ1) is 13.7. The lowest BCUT2D eigenvalue weighted by Crippen LogP contribution is -2.25. The number of nitrogens with zero attached hydrogens (tertiary/aromatic N) is 2. The van der Waals surface area contributed by atoms with Gasteiger partial charge in [0.2, 0.25) is 0 Å². The molecule has 0 saturated heterocycles. The fourth-order valence-electron chi connectivity index (χ4n) is 1.87. The maximum absolute atomic E-state index is 12.1. The van der Waals surface area contributed by atoms with E-state index in [0.29, 0.717) is 23.7 Å². The minimum absolute atomic E-state index is 0.0298. The van der Waals surface area contributed by atoms with Crippen LogP contribution in [0.1, 0.15) is 15.9 Å². The molecule has 0 saturated carbocycles. The highest BCUT2D eigenvalue weighted by molar-refractivity contribution is 6.34. The molecule has 0 amide bonds. The van der Waals surface area contributed by atoms with Gasteiger partial charge in [-0.05, 0) is 36.9 Å². The normalized spacial score (nSPS) is 10.7. The summed E-state index contributed by atoms with van der Waals surface area (Å²) in [6, 6.07) is 11.0. The van der Waals surface area contributed by atoms with E-state index in [9.17, 15) is 4.79 Å². The lowest BCUT2D eigenvalue weighted by atomic mass is 10.1. The molecule has 0 radical (unpaired) electrons. The van der Waals surface area contributed by atoms with Crippen LogP contribution in [0.25, 0.3) is 0 Å². The monoisotopic (exact) mass is 274 g/mol. The molecule has 1 aromatic heterocycles. The molecule has 0 bridgehead atoms. The number of halogens is 1. The molecule has 0 N–H and O–H groups in total. The lowest BCUT2D eigenvalue weighted by molar-refractivity contribution is 0.0943. The smallest absolute Gasteiger partial charge is 0.178 e. The molecule has 98 valence electrons. The second-order valence-corrected chi connectivity index (χ2v) is 4.84. The van der Waals surface area contributed by atoms with E-state index >= 15 is 0 Å². The number of carbonyl (C=O) groups excluding carboxylic acids is 1. The number of likely N-dealkylation sites (N-methyl/N-ethyl adjacent to an activating group) is 1. The third kappa shape index (κ3) is 3.88. The summed E-state index contributed by atoms with van der Waals surface area (Å²) in [4.78, 5) is 18.1. The van der Waals surface area contributed by atoms with Crippen molar-refractivity contribution in [3.63, 3.8) is 0 Å². The van der Waals surface area contributed by atoms with Crippen LogP contribution < -0.4 is 0 Å². The summed E-state index contributed by atoms with van der Waals surface area (Å²) in [6.07, 6.45) is 3.50. The zero-order valence-electron chi connectivity index (χ0n) is 10.7. The molecular formula is C15H15ClN2O. The van der Waals surface area contributed by atoms with Gasteiger partial charge in [0.15, 0.2) is 5.78 Å². The molecule has 1 heterocycles. The topological polar surface area (TPSA) is 33.2 Å². The Balaban J connectivity index is 1.98. The first-order valence-corrected chi connectivity index (χ1v) is 6.40. The van der Waals surface area contributed by atoms with Crippen LogP contribution in [0.4, 0.5) is 0 Å². The van der Waals surface area contributed by atoms with Gasteiger partial charge in [-0.2, -0.15) is 0 Å². The van der Waals surface area contributed by atoms with Gasteiger partial charge in [0, 0.05) is 24.5 Å². The van der Waals surface area contributed by atoms with Crippen molar-refractivity contribution in [2.75, 3.05) is 13.6 Å². The van der Waals surface area contributed by atoms with Crippen LogP contribution in [0.5, 0.6) is 0 Å². The van der Waals surface area contributed by atoms with Crippen molar-refractivity contribution in [3.8, 4) is 0 Å². The number of hydrogen-bond donors (Lipinski definition) is 0. The van der Waals surface area contributed by atoms with Gasteiger partial charge in [-0.3, -0.25) is 14.7 Å². The Morgan fingerprint density at radius 1 is 1.21 bits per heavy atom. The van der Waals surface area contributed by atoms with E-state index in [-0.39, 0.29) is 5.78 Å². The van der Waals surface area contributed by atoms with E-state index in [2.05, 4.69) is 4.98 Å². The molecule has 4 heteroatoms. The second-order valence-electron chi connectivity index (χ2n) is 4.43. The van der Waals surface area contributed by atoms with E-state index in [1.54, 1.807) is 24.5 Å². The van der Waals surface area contributed by atoms with Gasteiger partial charge >= 0.3 is 0 Å². The molecule has 0 aliphatic heterocycles. The van der Waals surface area contributed by atoms with Crippen molar-refractivity contribution < 1.29 is 4.79 Å². The molecule has 0 spiro atoms. The lowest BCUT2D eigenvalue weighted by Gasteiger charge is -2.16. The van der Waals surface area contributed by atoms with Gasteiger partial charge in [0.1, 0.15) is 0 Å². The Hall–Kier alpha value is -1.71. The number of benzene rings is 1. The van der Waals surface area contributed by atoms with Crippen LogP contribution in [-0.4, -0.2) is 29.3 Å². The van der Waals surface area contributed by atoms with Gasteiger partial charge in [-0.1, -0.05) is 23.7 Å². The first-order chi connectivity index (χ1) is 9.16. The average molecular weight is 275 g/mol. The van der Waals surface area contributed by atoms with Gasteiger partial charge in [0.05, 0.1) is 11.6 Å². The fourth-order valence-corrected chi connectivity index (χ4v) is 2.11. The summed E-state index contributed by atoms with van der Waals surface area (Å²) >= 11 is 6.02. The number of carbonyl (C=O) groups is 1. The Bertz CT molecular complexity index is 557. The predicted molar refractivity (Wildman–Crippen MR) is 76.4 cm³/mol. The summed E-state index contributed by atoms with van der Waals surface area (Å²) in [5, 5.41) is 0.504.